The summed E-state index contributed by atoms with van der Waals surface area (Å²) < 4.78 is 5.49. The maximum absolute atomic E-state index is 5.49. The summed E-state index contributed by atoms with van der Waals surface area (Å²) in [6.45, 7) is 5.52. The van der Waals surface area contributed by atoms with E-state index in [2.05, 4.69) is 17.3 Å². The van der Waals surface area contributed by atoms with Gasteiger partial charge in [-0.05, 0) is 58.8 Å². The predicted octanol–water partition coefficient (Wildman–Crippen LogP) is 1.34. The van der Waals surface area contributed by atoms with Crippen molar-refractivity contribution < 1.29 is 4.74 Å². The molecule has 0 saturated carbocycles. The van der Waals surface area contributed by atoms with Gasteiger partial charge >= 0.3 is 0 Å². The third-order valence-electron chi connectivity index (χ3n) is 3.04. The molecule has 1 fully saturated rings. The van der Waals surface area contributed by atoms with Crippen LogP contribution in [0.1, 0.15) is 25.7 Å². The van der Waals surface area contributed by atoms with Gasteiger partial charge in [-0.2, -0.15) is 0 Å². The van der Waals surface area contributed by atoms with Gasteiger partial charge in [0.2, 0.25) is 0 Å². The molecule has 1 atom stereocenters. The molecule has 1 aliphatic rings. The van der Waals surface area contributed by atoms with Crippen LogP contribution in [0.4, 0.5) is 0 Å². The molecule has 0 spiro atoms. The number of unbranched alkanes of at least 4 members (excludes halogenated alkanes) is 1. The molecule has 0 aromatic rings. The maximum Gasteiger partial charge on any atom is 0.0506 e. The topological polar surface area (TPSA) is 24.5 Å². The molecule has 15 heavy (non-hydrogen) atoms. The Hall–Kier alpha value is -0.120. The lowest BCUT2D eigenvalue weighted by molar-refractivity contribution is 0.0419. The third kappa shape index (κ3) is 6.13. The zero-order valence-corrected chi connectivity index (χ0v) is 10.3. The van der Waals surface area contributed by atoms with E-state index in [9.17, 15) is 0 Å². The first-order valence-electron chi connectivity index (χ1n) is 6.24. The highest BCUT2D eigenvalue weighted by molar-refractivity contribution is 4.67. The molecular formula is C12H26N2O. The average Bonchev–Trinajstić information content (AvgIpc) is 2.26. The van der Waals surface area contributed by atoms with Gasteiger partial charge in [-0.15, -0.1) is 0 Å². The van der Waals surface area contributed by atoms with Crippen LogP contribution in [-0.2, 0) is 4.74 Å². The van der Waals surface area contributed by atoms with E-state index < -0.39 is 0 Å². The molecule has 0 radical (unpaired) electrons. The first kappa shape index (κ1) is 12.9. The summed E-state index contributed by atoms with van der Waals surface area (Å²) >= 11 is 0. The Bertz CT molecular complexity index is 147. The Morgan fingerprint density at radius 3 is 2.93 bits per heavy atom. The Labute approximate surface area is 94.2 Å². The summed E-state index contributed by atoms with van der Waals surface area (Å²) in [4.78, 5) is 2.45. The zero-order chi connectivity index (χ0) is 10.9. The minimum Gasteiger partial charge on any atom is -0.381 e. The van der Waals surface area contributed by atoms with Crippen LogP contribution in [0.25, 0.3) is 0 Å². The lowest BCUT2D eigenvalue weighted by Gasteiger charge is -2.27. The summed E-state index contributed by atoms with van der Waals surface area (Å²) in [6.07, 6.45) is 5.17. The van der Waals surface area contributed by atoms with E-state index in [0.717, 1.165) is 25.7 Å². The van der Waals surface area contributed by atoms with E-state index in [-0.39, 0.29) is 0 Å². The smallest absolute Gasteiger partial charge is 0.0506 e. The summed E-state index contributed by atoms with van der Waals surface area (Å²) in [7, 11) is 4.25. The van der Waals surface area contributed by atoms with Crippen molar-refractivity contribution in [2.24, 2.45) is 5.92 Å². The van der Waals surface area contributed by atoms with E-state index in [0.29, 0.717) is 0 Å². The minimum atomic E-state index is 0.771. The maximum atomic E-state index is 5.49. The van der Waals surface area contributed by atoms with Gasteiger partial charge in [-0.1, -0.05) is 0 Å². The van der Waals surface area contributed by atoms with Crippen LogP contribution < -0.4 is 5.32 Å². The molecule has 1 saturated heterocycles. The number of ether oxygens (including phenoxy) is 1. The summed E-state index contributed by atoms with van der Waals surface area (Å²) in [5.74, 6) is 0.771. The molecule has 0 aromatic heterocycles. The Balaban J connectivity index is 1.98. The molecule has 3 nitrogen and oxygen atoms in total. The lowest BCUT2D eigenvalue weighted by atomic mass is 10.0. The van der Waals surface area contributed by atoms with Crippen LogP contribution >= 0.6 is 0 Å². The van der Waals surface area contributed by atoms with Crippen LogP contribution in [0.2, 0.25) is 0 Å². The minimum absolute atomic E-state index is 0.771. The van der Waals surface area contributed by atoms with E-state index in [1.165, 1.54) is 38.8 Å². The van der Waals surface area contributed by atoms with E-state index >= 15 is 0 Å². The lowest BCUT2D eigenvalue weighted by Crippen LogP contribution is -2.31. The van der Waals surface area contributed by atoms with E-state index in [1.54, 1.807) is 0 Å². The third-order valence-corrected chi connectivity index (χ3v) is 3.04. The second-order valence-corrected chi connectivity index (χ2v) is 4.66. The fourth-order valence-electron chi connectivity index (χ4n) is 2.17. The van der Waals surface area contributed by atoms with Crippen LogP contribution in [0.5, 0.6) is 0 Å². The van der Waals surface area contributed by atoms with Crippen molar-refractivity contribution in [1.29, 1.82) is 0 Å². The molecule has 1 heterocycles. The van der Waals surface area contributed by atoms with Gasteiger partial charge in [0.1, 0.15) is 0 Å². The largest absolute Gasteiger partial charge is 0.381 e. The van der Waals surface area contributed by atoms with Crippen molar-refractivity contribution in [1.82, 2.24) is 10.2 Å². The van der Waals surface area contributed by atoms with E-state index in [4.69, 9.17) is 4.74 Å². The summed E-state index contributed by atoms with van der Waals surface area (Å²) in [6, 6.07) is 0. The molecule has 1 N–H and O–H groups in total. The van der Waals surface area contributed by atoms with Crippen molar-refractivity contribution in [2.75, 3.05) is 46.9 Å². The highest BCUT2D eigenvalue weighted by Gasteiger charge is 2.15. The second kappa shape index (κ2) is 8.08. The van der Waals surface area contributed by atoms with Gasteiger partial charge in [0.15, 0.2) is 0 Å². The molecule has 0 aliphatic carbocycles. The molecule has 1 rings (SSSR count). The Morgan fingerprint density at radius 1 is 1.40 bits per heavy atom. The highest BCUT2D eigenvalue weighted by atomic mass is 16.5. The van der Waals surface area contributed by atoms with Crippen molar-refractivity contribution in [2.45, 2.75) is 25.7 Å². The van der Waals surface area contributed by atoms with Gasteiger partial charge in [0, 0.05) is 13.2 Å². The molecule has 1 unspecified atom stereocenters. The Kier molecular flexibility index (Phi) is 6.98. The van der Waals surface area contributed by atoms with Gasteiger partial charge in [0.05, 0.1) is 6.61 Å². The van der Waals surface area contributed by atoms with E-state index in [1.807, 2.05) is 7.05 Å². The number of nitrogens with zero attached hydrogens (tertiary/aromatic N) is 1. The van der Waals surface area contributed by atoms with Crippen LogP contribution in [-0.4, -0.2) is 51.8 Å². The average molecular weight is 214 g/mol. The quantitative estimate of drug-likeness (QED) is 0.647. The van der Waals surface area contributed by atoms with Gasteiger partial charge in [0.25, 0.3) is 0 Å². The molecular weight excluding hydrogens is 188 g/mol. The number of hydrogen-bond acceptors (Lipinski definition) is 3. The van der Waals surface area contributed by atoms with Crippen LogP contribution in [0.3, 0.4) is 0 Å². The van der Waals surface area contributed by atoms with Crippen molar-refractivity contribution in [3.8, 4) is 0 Å². The first-order valence-corrected chi connectivity index (χ1v) is 6.24. The molecule has 3 heteroatoms. The molecule has 90 valence electrons. The molecule has 0 bridgehead atoms. The fraction of sp³-hybridized carbons (Fsp3) is 1.00. The van der Waals surface area contributed by atoms with Crippen molar-refractivity contribution in [3.63, 3.8) is 0 Å². The van der Waals surface area contributed by atoms with Gasteiger partial charge in [-0.3, -0.25) is 0 Å². The second-order valence-electron chi connectivity index (χ2n) is 4.66. The van der Waals surface area contributed by atoms with Crippen LogP contribution in [0, 0.1) is 5.92 Å². The number of rotatable bonds is 7. The van der Waals surface area contributed by atoms with Crippen molar-refractivity contribution in [3.05, 3.63) is 0 Å². The monoisotopic (exact) mass is 214 g/mol. The molecule has 0 amide bonds. The van der Waals surface area contributed by atoms with Gasteiger partial charge < -0.3 is 15.0 Å². The van der Waals surface area contributed by atoms with Crippen molar-refractivity contribution >= 4 is 0 Å². The molecule has 1 aliphatic heterocycles. The normalized spacial score (nSPS) is 22.2. The standard InChI is InChI=1S/C12H26N2O/c1-13-7-3-4-8-14(2)10-12-6-5-9-15-11-12/h12-13H,3-11H2,1-2H3. The molecule has 0 aromatic carbocycles. The first-order chi connectivity index (χ1) is 7.33. The number of nitrogens with one attached hydrogen (secondary N) is 1. The zero-order valence-electron chi connectivity index (χ0n) is 10.3. The number of hydrogen-bond donors (Lipinski definition) is 1. The Morgan fingerprint density at radius 2 is 2.27 bits per heavy atom. The fourth-order valence-corrected chi connectivity index (χ4v) is 2.17. The predicted molar refractivity (Wildman–Crippen MR) is 64.2 cm³/mol. The van der Waals surface area contributed by atoms with Gasteiger partial charge in [-0.25, -0.2) is 0 Å². The highest BCUT2D eigenvalue weighted by Crippen LogP contribution is 2.14. The summed E-state index contributed by atoms with van der Waals surface area (Å²) in [5.41, 5.74) is 0. The van der Waals surface area contributed by atoms with Crippen LogP contribution in [0.15, 0.2) is 0 Å². The summed E-state index contributed by atoms with van der Waals surface area (Å²) in [5, 5.41) is 3.18. The SMILES string of the molecule is CNCCCCN(C)CC1CCCOC1.